The van der Waals surface area contributed by atoms with Crippen LogP contribution in [0.2, 0.25) is 0 Å². The zero-order valence-electron chi connectivity index (χ0n) is 7.92. The molecule has 1 aromatic heterocycles. The van der Waals surface area contributed by atoms with Gasteiger partial charge in [-0.25, -0.2) is 8.42 Å². The molecule has 1 aromatic carbocycles. The number of aromatic nitrogens is 2. The minimum Gasteiger partial charge on any atom is -0.282 e. The molecule has 1 heterocycles. The van der Waals surface area contributed by atoms with Crippen molar-refractivity contribution < 1.29 is 8.42 Å². The summed E-state index contributed by atoms with van der Waals surface area (Å²) < 4.78 is 23.7. The van der Waals surface area contributed by atoms with E-state index in [0.717, 1.165) is 0 Å². The molecule has 0 bridgehead atoms. The molecule has 0 saturated heterocycles. The van der Waals surface area contributed by atoms with Crippen LogP contribution in [0, 0.1) is 0 Å². The number of H-pyrrole nitrogens is 1. The van der Waals surface area contributed by atoms with Crippen LogP contribution in [0.1, 0.15) is 5.69 Å². The lowest BCUT2D eigenvalue weighted by Gasteiger charge is -2.01. The minimum absolute atomic E-state index is 0.0446. The third kappa shape index (κ3) is 2.24. The Morgan fingerprint density at radius 3 is 2.47 bits per heavy atom. The first-order chi connectivity index (χ1) is 7.18. The molecule has 0 aliphatic rings. The fraction of sp³-hybridized carbons (Fsp3) is 0.100. The Balaban J connectivity index is 2.29. The van der Waals surface area contributed by atoms with Gasteiger partial charge >= 0.3 is 0 Å². The normalized spacial score (nSPS) is 11.5. The first-order valence-electron chi connectivity index (χ1n) is 4.44. The van der Waals surface area contributed by atoms with Crippen molar-refractivity contribution in [1.29, 1.82) is 0 Å². The molecule has 78 valence electrons. The lowest BCUT2D eigenvalue weighted by Crippen LogP contribution is -2.04. The van der Waals surface area contributed by atoms with E-state index in [1.807, 2.05) is 0 Å². The van der Waals surface area contributed by atoms with Gasteiger partial charge in [-0.1, -0.05) is 18.2 Å². The van der Waals surface area contributed by atoms with Gasteiger partial charge in [-0.3, -0.25) is 5.10 Å². The van der Waals surface area contributed by atoms with E-state index in [9.17, 15) is 8.42 Å². The second-order valence-corrected chi connectivity index (χ2v) is 5.14. The predicted octanol–water partition coefficient (Wildman–Crippen LogP) is 1.38. The maximum Gasteiger partial charge on any atom is 0.184 e. The highest BCUT2D eigenvalue weighted by molar-refractivity contribution is 7.90. The Bertz CT molecular complexity index is 518. The van der Waals surface area contributed by atoms with Crippen LogP contribution in [0.4, 0.5) is 0 Å². The summed E-state index contributed by atoms with van der Waals surface area (Å²) in [4.78, 5) is 0.333. The van der Waals surface area contributed by atoms with E-state index < -0.39 is 9.84 Å². The average Bonchev–Trinajstić information content (AvgIpc) is 2.71. The molecule has 0 unspecified atom stereocenters. The topological polar surface area (TPSA) is 62.8 Å². The summed E-state index contributed by atoms with van der Waals surface area (Å²) in [5.74, 6) is -0.0446. The van der Waals surface area contributed by atoms with Crippen LogP contribution < -0.4 is 0 Å². The molecule has 4 nitrogen and oxygen atoms in total. The number of nitrogens with zero attached hydrogens (tertiary/aromatic N) is 1. The second-order valence-electron chi connectivity index (χ2n) is 3.15. The molecule has 0 spiro atoms. The molecule has 15 heavy (non-hydrogen) atoms. The Labute approximate surface area is 87.9 Å². The van der Waals surface area contributed by atoms with Crippen LogP contribution in [0.3, 0.4) is 0 Å². The summed E-state index contributed by atoms with van der Waals surface area (Å²) in [6.07, 6.45) is 1.54. The molecule has 5 heteroatoms. The van der Waals surface area contributed by atoms with Crippen molar-refractivity contribution in [3.8, 4) is 0 Å². The first kappa shape index (κ1) is 9.92. The van der Waals surface area contributed by atoms with E-state index in [2.05, 4.69) is 10.2 Å². The van der Waals surface area contributed by atoms with Gasteiger partial charge in [-0.05, 0) is 18.2 Å². The highest BCUT2D eigenvalue weighted by Gasteiger charge is 2.15. The van der Waals surface area contributed by atoms with Gasteiger partial charge in [0.15, 0.2) is 9.84 Å². The van der Waals surface area contributed by atoms with Crippen molar-refractivity contribution in [2.45, 2.75) is 10.6 Å². The van der Waals surface area contributed by atoms with Crippen molar-refractivity contribution >= 4 is 9.84 Å². The largest absolute Gasteiger partial charge is 0.282 e. The number of benzene rings is 1. The molecule has 1 N–H and O–H groups in total. The molecule has 0 atom stereocenters. The van der Waals surface area contributed by atoms with Gasteiger partial charge in [0.25, 0.3) is 0 Å². The van der Waals surface area contributed by atoms with E-state index in [4.69, 9.17) is 0 Å². The van der Waals surface area contributed by atoms with Gasteiger partial charge in [0, 0.05) is 6.20 Å². The Hall–Kier alpha value is -1.62. The summed E-state index contributed by atoms with van der Waals surface area (Å²) in [7, 11) is -3.25. The molecule has 0 radical (unpaired) electrons. The molecule has 2 rings (SSSR count). The van der Waals surface area contributed by atoms with E-state index in [1.165, 1.54) is 6.20 Å². The van der Waals surface area contributed by atoms with Crippen molar-refractivity contribution in [2.75, 3.05) is 0 Å². The molecular weight excluding hydrogens is 212 g/mol. The number of rotatable bonds is 3. The van der Waals surface area contributed by atoms with Gasteiger partial charge < -0.3 is 0 Å². The van der Waals surface area contributed by atoms with Gasteiger partial charge in [-0.15, -0.1) is 0 Å². The van der Waals surface area contributed by atoms with Crippen LogP contribution in [-0.2, 0) is 15.6 Å². The summed E-state index contributed by atoms with van der Waals surface area (Å²) in [6.45, 7) is 0. The van der Waals surface area contributed by atoms with E-state index in [1.54, 1.807) is 36.4 Å². The maximum atomic E-state index is 11.9. The molecule has 0 aliphatic carbocycles. The number of nitrogens with one attached hydrogen (secondary N) is 1. The van der Waals surface area contributed by atoms with Crippen molar-refractivity contribution in [3.63, 3.8) is 0 Å². The van der Waals surface area contributed by atoms with E-state index in [0.29, 0.717) is 10.6 Å². The lowest BCUT2D eigenvalue weighted by molar-refractivity contribution is 0.594. The summed E-state index contributed by atoms with van der Waals surface area (Å²) in [5, 5.41) is 6.34. The number of hydrogen-bond donors (Lipinski definition) is 1. The third-order valence-corrected chi connectivity index (χ3v) is 3.69. The van der Waals surface area contributed by atoms with Crippen LogP contribution in [0.15, 0.2) is 47.5 Å². The van der Waals surface area contributed by atoms with E-state index in [-0.39, 0.29) is 5.75 Å². The van der Waals surface area contributed by atoms with Gasteiger partial charge in [-0.2, -0.15) is 5.10 Å². The van der Waals surface area contributed by atoms with Crippen molar-refractivity contribution in [3.05, 3.63) is 48.3 Å². The van der Waals surface area contributed by atoms with Crippen LogP contribution in [-0.4, -0.2) is 18.6 Å². The highest BCUT2D eigenvalue weighted by atomic mass is 32.2. The summed E-state index contributed by atoms with van der Waals surface area (Å²) in [5.41, 5.74) is 0.596. The monoisotopic (exact) mass is 222 g/mol. The molecule has 0 aliphatic heterocycles. The van der Waals surface area contributed by atoms with Crippen LogP contribution in [0.5, 0.6) is 0 Å². The lowest BCUT2D eigenvalue weighted by atomic mass is 10.4. The molecule has 0 fully saturated rings. The van der Waals surface area contributed by atoms with Gasteiger partial charge in [0.2, 0.25) is 0 Å². The minimum atomic E-state index is -3.25. The average molecular weight is 222 g/mol. The smallest absolute Gasteiger partial charge is 0.184 e. The molecule has 2 aromatic rings. The fourth-order valence-corrected chi connectivity index (χ4v) is 2.59. The van der Waals surface area contributed by atoms with Gasteiger partial charge in [0.05, 0.1) is 16.3 Å². The highest BCUT2D eigenvalue weighted by Crippen LogP contribution is 2.14. The Morgan fingerprint density at radius 1 is 1.13 bits per heavy atom. The number of aromatic amines is 1. The molecule has 0 amide bonds. The van der Waals surface area contributed by atoms with Crippen molar-refractivity contribution in [2.24, 2.45) is 0 Å². The quantitative estimate of drug-likeness (QED) is 0.853. The van der Waals surface area contributed by atoms with Crippen molar-refractivity contribution in [1.82, 2.24) is 10.2 Å². The first-order valence-corrected chi connectivity index (χ1v) is 6.10. The molecule has 0 saturated carbocycles. The standard InChI is InChI=1S/C10H10N2O2S/c13-15(14,8-9-6-7-11-12-9)10-4-2-1-3-5-10/h1-7H,8H2,(H,11,12). The van der Waals surface area contributed by atoms with Crippen LogP contribution >= 0.6 is 0 Å². The predicted molar refractivity (Wildman–Crippen MR) is 55.9 cm³/mol. The third-order valence-electron chi connectivity index (χ3n) is 2.01. The second kappa shape index (κ2) is 3.86. The van der Waals surface area contributed by atoms with E-state index >= 15 is 0 Å². The van der Waals surface area contributed by atoms with Crippen LogP contribution in [0.25, 0.3) is 0 Å². The Morgan fingerprint density at radius 2 is 1.87 bits per heavy atom. The zero-order chi connectivity index (χ0) is 10.7. The van der Waals surface area contributed by atoms with Gasteiger partial charge in [0.1, 0.15) is 0 Å². The summed E-state index contributed by atoms with van der Waals surface area (Å²) in [6, 6.07) is 10.0. The molecular formula is C10H10N2O2S. The number of hydrogen-bond acceptors (Lipinski definition) is 3. The fourth-order valence-electron chi connectivity index (χ4n) is 1.28. The summed E-state index contributed by atoms with van der Waals surface area (Å²) >= 11 is 0. The SMILES string of the molecule is O=S(=O)(Cc1ccn[nH]1)c1ccccc1. The maximum absolute atomic E-state index is 11.9. The number of sulfone groups is 1. The Kier molecular flexibility index (Phi) is 2.55. The zero-order valence-corrected chi connectivity index (χ0v) is 8.74.